The summed E-state index contributed by atoms with van der Waals surface area (Å²) in [5, 5.41) is 11.5. The van der Waals surface area contributed by atoms with Gasteiger partial charge in [-0.2, -0.15) is 0 Å². The molecule has 0 aromatic heterocycles. The smallest absolute Gasteiger partial charge is 0.410 e. The van der Waals surface area contributed by atoms with Crippen LogP contribution in [0.1, 0.15) is 18.4 Å². The van der Waals surface area contributed by atoms with Gasteiger partial charge in [0.2, 0.25) is 0 Å². The molecule has 0 spiro atoms. The van der Waals surface area contributed by atoms with Crippen molar-refractivity contribution in [2.24, 2.45) is 0 Å². The van der Waals surface area contributed by atoms with Gasteiger partial charge < -0.3 is 9.84 Å². The number of rotatable bonds is 1. The number of hydrogen-bond acceptors (Lipinski definition) is 4. The Balaban J connectivity index is 1.90. The fraction of sp³-hybridized carbons (Fsp3) is 0.412. The van der Waals surface area contributed by atoms with Crippen molar-refractivity contribution in [2.45, 2.75) is 29.9 Å². The lowest BCUT2D eigenvalue weighted by molar-refractivity contribution is -0.128. The van der Waals surface area contributed by atoms with E-state index in [0.717, 1.165) is 5.56 Å². The third-order valence-electron chi connectivity index (χ3n) is 5.36. The molecule has 5 heteroatoms. The summed E-state index contributed by atoms with van der Waals surface area (Å²) in [7, 11) is 0. The first-order valence-corrected chi connectivity index (χ1v) is 7.50. The Morgan fingerprint density at radius 2 is 2.00 bits per heavy atom. The van der Waals surface area contributed by atoms with E-state index in [2.05, 4.69) is 0 Å². The van der Waals surface area contributed by atoms with Gasteiger partial charge in [0.05, 0.1) is 0 Å². The van der Waals surface area contributed by atoms with Crippen LogP contribution in [-0.4, -0.2) is 46.7 Å². The second kappa shape index (κ2) is 4.43. The third-order valence-corrected chi connectivity index (χ3v) is 5.36. The summed E-state index contributed by atoms with van der Waals surface area (Å²) in [5.41, 5.74) is -1.05. The molecule has 3 atom stereocenters. The normalized spacial score (nSPS) is 36.8. The van der Waals surface area contributed by atoms with Crippen molar-refractivity contribution in [1.82, 2.24) is 4.90 Å². The topological polar surface area (TPSA) is 66.8 Å². The molecule has 0 bridgehead atoms. The highest BCUT2D eigenvalue weighted by molar-refractivity contribution is 5.93. The monoisotopic (exact) mass is 299 g/mol. The van der Waals surface area contributed by atoms with Gasteiger partial charge in [0, 0.05) is 18.4 Å². The van der Waals surface area contributed by atoms with Gasteiger partial charge in [-0.25, -0.2) is 4.79 Å². The fourth-order valence-corrected chi connectivity index (χ4v) is 4.20. The highest BCUT2D eigenvalue weighted by atomic mass is 16.6. The number of allylic oxidation sites excluding steroid dienone is 1. The minimum atomic E-state index is -1.29. The molecule has 0 saturated carbocycles. The lowest BCUT2D eigenvalue weighted by atomic mass is 9.56. The molecule has 2 saturated heterocycles. The minimum absolute atomic E-state index is 0.00669. The van der Waals surface area contributed by atoms with Gasteiger partial charge in [0.15, 0.2) is 5.78 Å². The van der Waals surface area contributed by atoms with Crippen molar-refractivity contribution in [3.05, 3.63) is 48.0 Å². The van der Waals surface area contributed by atoms with Crippen molar-refractivity contribution in [2.75, 3.05) is 13.2 Å². The number of ether oxygens (including phenoxy) is 1. The second-order valence-corrected chi connectivity index (χ2v) is 6.29. The molecule has 1 aliphatic carbocycles. The first-order valence-electron chi connectivity index (χ1n) is 7.50. The van der Waals surface area contributed by atoms with Gasteiger partial charge in [-0.1, -0.05) is 30.3 Å². The number of fused-ring (bicyclic) bond motifs is 3. The summed E-state index contributed by atoms with van der Waals surface area (Å²) >= 11 is 0. The molecule has 0 unspecified atom stereocenters. The molecule has 5 nitrogen and oxygen atoms in total. The van der Waals surface area contributed by atoms with Gasteiger partial charge in [0.1, 0.15) is 18.2 Å². The van der Waals surface area contributed by atoms with Crippen molar-refractivity contribution in [3.8, 4) is 0 Å². The number of benzene rings is 1. The minimum Gasteiger partial charge on any atom is -0.447 e. The Bertz CT molecular complexity index is 670. The largest absolute Gasteiger partial charge is 0.447 e. The first kappa shape index (κ1) is 13.5. The van der Waals surface area contributed by atoms with E-state index in [1.165, 1.54) is 6.08 Å². The molecular formula is C17H17NO4. The molecule has 1 N–H and O–H groups in total. The van der Waals surface area contributed by atoms with Gasteiger partial charge in [0.25, 0.3) is 0 Å². The van der Waals surface area contributed by atoms with Crippen LogP contribution >= 0.6 is 0 Å². The Morgan fingerprint density at radius 1 is 1.23 bits per heavy atom. The van der Waals surface area contributed by atoms with Crippen molar-refractivity contribution < 1.29 is 19.4 Å². The Labute approximate surface area is 128 Å². The zero-order chi connectivity index (χ0) is 15.4. The van der Waals surface area contributed by atoms with E-state index in [9.17, 15) is 14.7 Å². The number of amides is 1. The lowest BCUT2D eigenvalue weighted by Crippen LogP contribution is -2.68. The molecule has 114 valence electrons. The summed E-state index contributed by atoms with van der Waals surface area (Å²) in [6.07, 6.45) is 3.42. The fourth-order valence-electron chi connectivity index (χ4n) is 4.20. The van der Waals surface area contributed by atoms with Crippen molar-refractivity contribution in [1.29, 1.82) is 0 Å². The van der Waals surface area contributed by atoms with Gasteiger partial charge in [-0.3, -0.25) is 9.69 Å². The average molecular weight is 299 g/mol. The Hall–Kier alpha value is -2.14. The van der Waals surface area contributed by atoms with Crippen LogP contribution in [0.15, 0.2) is 42.5 Å². The predicted molar refractivity (Wildman–Crippen MR) is 78.3 cm³/mol. The van der Waals surface area contributed by atoms with Crippen LogP contribution in [0.3, 0.4) is 0 Å². The Morgan fingerprint density at radius 3 is 2.77 bits per heavy atom. The van der Waals surface area contributed by atoms with E-state index in [-0.39, 0.29) is 24.9 Å². The molecule has 1 amide bonds. The zero-order valence-corrected chi connectivity index (χ0v) is 12.1. The molecule has 2 aliphatic heterocycles. The van der Waals surface area contributed by atoms with Gasteiger partial charge >= 0.3 is 6.09 Å². The van der Waals surface area contributed by atoms with E-state index in [0.29, 0.717) is 13.0 Å². The predicted octanol–water partition coefficient (Wildman–Crippen LogP) is 1.41. The molecule has 4 rings (SSSR count). The quantitative estimate of drug-likeness (QED) is 0.851. The highest BCUT2D eigenvalue weighted by Gasteiger charge is 2.63. The van der Waals surface area contributed by atoms with Crippen LogP contribution in [0.4, 0.5) is 4.79 Å². The average Bonchev–Trinajstić information content (AvgIpc) is 2.91. The van der Waals surface area contributed by atoms with E-state index in [1.807, 2.05) is 30.3 Å². The van der Waals surface area contributed by atoms with Crippen molar-refractivity contribution >= 4 is 11.9 Å². The molecule has 1 aromatic rings. The second-order valence-electron chi connectivity index (χ2n) is 6.29. The SMILES string of the molecule is O=C1C=C[C@]2(O)[C@@H]3COC(=O)N3CC[C@@]2(c2ccccc2)C1. The van der Waals surface area contributed by atoms with E-state index < -0.39 is 17.1 Å². The number of hydrogen-bond donors (Lipinski definition) is 1. The van der Waals surface area contributed by atoms with Crippen LogP contribution in [0, 0.1) is 0 Å². The number of cyclic esters (lactones) is 1. The molecule has 0 radical (unpaired) electrons. The lowest BCUT2D eigenvalue weighted by Gasteiger charge is -2.55. The van der Waals surface area contributed by atoms with Crippen LogP contribution in [0.5, 0.6) is 0 Å². The maximum absolute atomic E-state index is 12.1. The standard InChI is InChI=1S/C17H17NO4/c19-13-6-7-17(21)14-11-22-15(20)18(14)9-8-16(17,10-13)12-4-2-1-3-5-12/h1-7,14,21H,8-11H2/t14-,16-,17-/m0/s1. The maximum Gasteiger partial charge on any atom is 0.410 e. The summed E-state index contributed by atoms with van der Waals surface area (Å²) in [6.45, 7) is 0.643. The number of carbonyl (C=O) groups is 2. The first-order chi connectivity index (χ1) is 10.6. The highest BCUT2D eigenvalue weighted by Crippen LogP contribution is 2.52. The van der Waals surface area contributed by atoms with Gasteiger partial charge in [-0.15, -0.1) is 0 Å². The van der Waals surface area contributed by atoms with Crippen LogP contribution in [0.25, 0.3) is 0 Å². The number of ketones is 1. The number of aliphatic hydroxyl groups is 1. The maximum atomic E-state index is 12.1. The van der Waals surface area contributed by atoms with E-state index in [1.54, 1.807) is 11.0 Å². The summed E-state index contributed by atoms with van der Waals surface area (Å²) in [6, 6.07) is 9.19. The zero-order valence-electron chi connectivity index (χ0n) is 12.1. The van der Waals surface area contributed by atoms with E-state index >= 15 is 0 Å². The number of carbonyl (C=O) groups excluding carboxylic acids is 2. The molecule has 22 heavy (non-hydrogen) atoms. The Kier molecular flexibility index (Phi) is 2.72. The molecule has 1 aromatic carbocycles. The van der Waals surface area contributed by atoms with Crippen LogP contribution in [0.2, 0.25) is 0 Å². The van der Waals surface area contributed by atoms with Gasteiger partial charge in [-0.05, 0) is 24.1 Å². The summed E-state index contributed by atoms with van der Waals surface area (Å²) in [5.74, 6) is 0.00669. The van der Waals surface area contributed by atoms with Crippen molar-refractivity contribution in [3.63, 3.8) is 0 Å². The molecule has 2 heterocycles. The summed E-state index contributed by atoms with van der Waals surface area (Å²) < 4.78 is 5.13. The molecule has 3 aliphatic rings. The molecule has 2 fully saturated rings. The van der Waals surface area contributed by atoms with Crippen LogP contribution < -0.4 is 0 Å². The number of piperidine rings is 1. The van der Waals surface area contributed by atoms with Crippen LogP contribution in [-0.2, 0) is 14.9 Å². The third kappa shape index (κ3) is 1.57. The van der Waals surface area contributed by atoms with E-state index in [4.69, 9.17) is 4.74 Å². The summed E-state index contributed by atoms with van der Waals surface area (Å²) in [4.78, 5) is 25.5. The molecular weight excluding hydrogens is 282 g/mol. The number of nitrogens with zero attached hydrogens (tertiary/aromatic N) is 1.